The van der Waals surface area contributed by atoms with Crippen LogP contribution in [-0.4, -0.2) is 33.5 Å². The van der Waals surface area contributed by atoms with Gasteiger partial charge in [-0.15, -0.1) is 0 Å². The Morgan fingerprint density at radius 1 is 1.39 bits per heavy atom. The average Bonchev–Trinajstić information content (AvgIpc) is 3.04. The molecular weight excluding hydrogens is 358 g/mol. The summed E-state index contributed by atoms with van der Waals surface area (Å²) in [5.74, 6) is 1.06. The van der Waals surface area contributed by atoms with E-state index < -0.39 is 0 Å². The maximum atomic E-state index is 12.6. The number of nitrogens with zero attached hydrogens (tertiary/aromatic N) is 3. The Balaban J connectivity index is 1.40. The van der Waals surface area contributed by atoms with E-state index in [4.69, 9.17) is 4.42 Å². The minimum atomic E-state index is -0.318. The zero-order valence-corrected chi connectivity index (χ0v) is 16.0. The first-order valence-electron chi connectivity index (χ1n) is 9.50. The van der Waals surface area contributed by atoms with Crippen molar-refractivity contribution in [3.05, 3.63) is 51.4 Å². The van der Waals surface area contributed by atoms with Gasteiger partial charge in [0.15, 0.2) is 0 Å². The first-order chi connectivity index (χ1) is 13.5. The third-order valence-corrected chi connectivity index (χ3v) is 5.02. The molecule has 0 saturated heterocycles. The lowest BCUT2D eigenvalue weighted by Gasteiger charge is -2.17. The molecule has 4 rings (SSSR count). The van der Waals surface area contributed by atoms with Crippen LogP contribution >= 0.6 is 0 Å². The molecule has 0 spiro atoms. The Hall–Kier alpha value is -3.16. The van der Waals surface area contributed by atoms with Gasteiger partial charge in [-0.2, -0.15) is 0 Å². The largest absolute Gasteiger partial charge is 0.442 e. The van der Waals surface area contributed by atoms with Crippen LogP contribution in [0.1, 0.15) is 40.2 Å². The SMILES string of the molecule is Cc1oc2ncn(C)c(=O)c2c1C(=O)NCCCc1ccc2c(n1)NCCC2. The van der Waals surface area contributed by atoms with Crippen LogP contribution < -0.4 is 16.2 Å². The van der Waals surface area contributed by atoms with Crippen LogP contribution in [0, 0.1) is 6.92 Å². The molecule has 3 aromatic heterocycles. The fraction of sp³-hybridized carbons (Fsp3) is 0.400. The molecule has 0 saturated carbocycles. The Morgan fingerprint density at radius 2 is 2.25 bits per heavy atom. The molecule has 1 aliphatic rings. The van der Waals surface area contributed by atoms with Crippen molar-refractivity contribution in [3.8, 4) is 0 Å². The molecule has 2 N–H and O–H groups in total. The Kier molecular flexibility index (Phi) is 4.85. The van der Waals surface area contributed by atoms with E-state index in [2.05, 4.69) is 32.7 Å². The van der Waals surface area contributed by atoms with E-state index in [1.54, 1.807) is 14.0 Å². The average molecular weight is 381 g/mol. The fourth-order valence-corrected chi connectivity index (χ4v) is 3.53. The standard InChI is InChI=1S/C20H23N5O3/c1-12-15(16-19(28-12)23-11-25(2)20(16)27)18(26)22-10-4-6-14-8-7-13-5-3-9-21-17(13)24-14/h7-8,11H,3-6,9-10H2,1-2H3,(H,21,24)(H,22,26). The van der Waals surface area contributed by atoms with Crippen LogP contribution in [0.15, 0.2) is 27.7 Å². The van der Waals surface area contributed by atoms with Gasteiger partial charge in [-0.25, -0.2) is 9.97 Å². The predicted molar refractivity (Wildman–Crippen MR) is 106 cm³/mol. The number of furan rings is 1. The number of aromatic nitrogens is 3. The van der Waals surface area contributed by atoms with Crippen molar-refractivity contribution in [1.82, 2.24) is 19.9 Å². The number of carbonyl (C=O) groups excluding carboxylic acids is 1. The van der Waals surface area contributed by atoms with Crippen molar-refractivity contribution < 1.29 is 9.21 Å². The first kappa shape index (κ1) is 18.2. The van der Waals surface area contributed by atoms with Crippen molar-refractivity contribution in [2.75, 3.05) is 18.4 Å². The van der Waals surface area contributed by atoms with Gasteiger partial charge in [0.05, 0.1) is 5.56 Å². The smallest absolute Gasteiger partial charge is 0.265 e. The van der Waals surface area contributed by atoms with E-state index >= 15 is 0 Å². The highest BCUT2D eigenvalue weighted by molar-refractivity contribution is 6.06. The quantitative estimate of drug-likeness (QED) is 0.655. The Bertz CT molecular complexity index is 1100. The number of pyridine rings is 1. The summed E-state index contributed by atoms with van der Waals surface area (Å²) in [6.45, 7) is 3.11. The van der Waals surface area contributed by atoms with E-state index in [9.17, 15) is 9.59 Å². The summed E-state index contributed by atoms with van der Waals surface area (Å²) < 4.78 is 6.82. The highest BCUT2D eigenvalue weighted by atomic mass is 16.3. The second-order valence-electron chi connectivity index (χ2n) is 7.07. The van der Waals surface area contributed by atoms with E-state index in [0.717, 1.165) is 43.7 Å². The van der Waals surface area contributed by atoms with Crippen molar-refractivity contribution in [2.45, 2.75) is 32.6 Å². The predicted octanol–water partition coefficient (Wildman–Crippen LogP) is 1.95. The van der Waals surface area contributed by atoms with Gasteiger partial charge in [-0.3, -0.25) is 9.59 Å². The molecule has 28 heavy (non-hydrogen) atoms. The van der Waals surface area contributed by atoms with Gasteiger partial charge in [0.2, 0.25) is 5.71 Å². The van der Waals surface area contributed by atoms with Gasteiger partial charge in [0.1, 0.15) is 23.3 Å². The molecule has 0 radical (unpaired) electrons. The molecule has 8 heteroatoms. The number of nitrogens with one attached hydrogen (secondary N) is 2. The van der Waals surface area contributed by atoms with Crippen LogP contribution in [0.4, 0.5) is 5.82 Å². The zero-order valence-electron chi connectivity index (χ0n) is 16.0. The summed E-state index contributed by atoms with van der Waals surface area (Å²) >= 11 is 0. The van der Waals surface area contributed by atoms with E-state index in [-0.39, 0.29) is 28.1 Å². The molecule has 0 fully saturated rings. The molecule has 0 unspecified atom stereocenters. The maximum Gasteiger partial charge on any atom is 0.265 e. The lowest BCUT2D eigenvalue weighted by Crippen LogP contribution is -2.27. The molecule has 0 bridgehead atoms. The normalized spacial score (nSPS) is 13.2. The van der Waals surface area contributed by atoms with Crippen LogP contribution in [0.2, 0.25) is 0 Å². The molecule has 3 aromatic rings. The number of aryl methyl sites for hydroxylation is 4. The van der Waals surface area contributed by atoms with Gasteiger partial charge in [0, 0.05) is 25.8 Å². The number of fused-ring (bicyclic) bond motifs is 2. The van der Waals surface area contributed by atoms with Crippen LogP contribution in [-0.2, 0) is 19.9 Å². The van der Waals surface area contributed by atoms with Crippen LogP contribution in [0.3, 0.4) is 0 Å². The number of hydrogen-bond donors (Lipinski definition) is 2. The Labute approximate surface area is 162 Å². The second-order valence-corrected chi connectivity index (χ2v) is 7.07. The van der Waals surface area contributed by atoms with Gasteiger partial charge >= 0.3 is 0 Å². The molecule has 4 heterocycles. The lowest BCUT2D eigenvalue weighted by molar-refractivity contribution is 0.0953. The van der Waals surface area contributed by atoms with Gasteiger partial charge in [-0.1, -0.05) is 6.07 Å². The van der Waals surface area contributed by atoms with Crippen molar-refractivity contribution in [1.29, 1.82) is 0 Å². The number of hydrogen-bond acceptors (Lipinski definition) is 6. The monoisotopic (exact) mass is 381 g/mol. The molecule has 0 aliphatic carbocycles. The summed E-state index contributed by atoms with van der Waals surface area (Å²) in [7, 11) is 1.60. The highest BCUT2D eigenvalue weighted by Gasteiger charge is 2.22. The Morgan fingerprint density at radius 3 is 3.11 bits per heavy atom. The summed E-state index contributed by atoms with van der Waals surface area (Å²) in [6.07, 6.45) is 5.11. The molecular formula is C20H23N5O3. The zero-order chi connectivity index (χ0) is 19.7. The highest BCUT2D eigenvalue weighted by Crippen LogP contribution is 2.21. The van der Waals surface area contributed by atoms with Crippen LogP contribution in [0.5, 0.6) is 0 Å². The van der Waals surface area contributed by atoms with Crippen molar-refractivity contribution >= 4 is 22.8 Å². The van der Waals surface area contributed by atoms with Gasteiger partial charge in [0.25, 0.3) is 11.5 Å². The molecule has 0 aromatic carbocycles. The number of rotatable bonds is 5. The number of anilines is 1. The molecule has 8 nitrogen and oxygen atoms in total. The molecule has 1 amide bonds. The third kappa shape index (κ3) is 3.37. The summed E-state index contributed by atoms with van der Waals surface area (Å²) in [5.41, 5.74) is 2.43. The van der Waals surface area contributed by atoms with Crippen molar-refractivity contribution in [3.63, 3.8) is 0 Å². The van der Waals surface area contributed by atoms with Crippen LogP contribution in [0.25, 0.3) is 11.1 Å². The van der Waals surface area contributed by atoms with Crippen molar-refractivity contribution in [2.24, 2.45) is 7.05 Å². The fourth-order valence-electron chi connectivity index (χ4n) is 3.53. The molecule has 146 valence electrons. The topological polar surface area (TPSA) is 102 Å². The summed E-state index contributed by atoms with van der Waals surface area (Å²) in [5, 5.41) is 6.44. The van der Waals surface area contributed by atoms with Gasteiger partial charge in [-0.05, 0) is 44.2 Å². The lowest BCUT2D eigenvalue weighted by atomic mass is 10.1. The second kappa shape index (κ2) is 7.46. The van der Waals surface area contributed by atoms with E-state index in [1.165, 1.54) is 16.5 Å². The minimum Gasteiger partial charge on any atom is -0.442 e. The van der Waals surface area contributed by atoms with E-state index in [0.29, 0.717) is 12.3 Å². The third-order valence-electron chi connectivity index (χ3n) is 5.02. The molecule has 0 atom stereocenters. The number of amides is 1. The number of carbonyl (C=O) groups is 1. The maximum absolute atomic E-state index is 12.6. The molecule has 1 aliphatic heterocycles. The summed E-state index contributed by atoms with van der Waals surface area (Å²) in [4.78, 5) is 33.7. The summed E-state index contributed by atoms with van der Waals surface area (Å²) in [6, 6.07) is 4.18. The first-order valence-corrected chi connectivity index (χ1v) is 9.50. The minimum absolute atomic E-state index is 0.191. The van der Waals surface area contributed by atoms with Gasteiger partial charge < -0.3 is 19.6 Å². The van der Waals surface area contributed by atoms with E-state index in [1.807, 2.05) is 0 Å².